The Bertz CT molecular complexity index is 875. The summed E-state index contributed by atoms with van der Waals surface area (Å²) in [6, 6.07) is 19.3. The zero-order valence-corrected chi connectivity index (χ0v) is 14.9. The van der Waals surface area contributed by atoms with Crippen LogP contribution in [0.25, 0.3) is 0 Å². The molecule has 3 rings (SSSR count). The third-order valence-electron chi connectivity index (χ3n) is 4.62. The van der Waals surface area contributed by atoms with Crippen LogP contribution < -0.4 is 5.32 Å². The molecule has 0 radical (unpaired) electrons. The first-order chi connectivity index (χ1) is 12.0. The van der Waals surface area contributed by atoms with E-state index in [4.69, 9.17) is 5.26 Å². The standard InChI is InChI=1S/C19H21N3O2S/c1-2-25(23,24)22-13-18(16-8-4-3-5-9-16)19(14-22)21-17-10-6-7-15(11-17)12-20/h3-11,18-19,21H,2,13-14H2,1H3. The molecule has 0 spiro atoms. The van der Waals surface area contributed by atoms with Gasteiger partial charge in [-0.15, -0.1) is 0 Å². The molecule has 0 aliphatic carbocycles. The Kier molecular flexibility index (Phi) is 5.07. The van der Waals surface area contributed by atoms with E-state index in [1.807, 2.05) is 42.5 Å². The van der Waals surface area contributed by atoms with Crippen molar-refractivity contribution in [2.45, 2.75) is 18.9 Å². The molecule has 6 heteroatoms. The van der Waals surface area contributed by atoms with Gasteiger partial charge >= 0.3 is 0 Å². The molecule has 2 unspecified atom stereocenters. The van der Waals surface area contributed by atoms with Gasteiger partial charge in [0.2, 0.25) is 10.0 Å². The summed E-state index contributed by atoms with van der Waals surface area (Å²) in [5, 5.41) is 12.5. The molecule has 0 saturated carbocycles. The highest BCUT2D eigenvalue weighted by atomic mass is 32.2. The van der Waals surface area contributed by atoms with E-state index in [-0.39, 0.29) is 17.7 Å². The zero-order valence-electron chi connectivity index (χ0n) is 14.1. The molecule has 25 heavy (non-hydrogen) atoms. The third-order valence-corrected chi connectivity index (χ3v) is 6.43. The van der Waals surface area contributed by atoms with E-state index in [1.54, 1.807) is 23.4 Å². The highest BCUT2D eigenvalue weighted by molar-refractivity contribution is 7.89. The molecule has 5 nitrogen and oxygen atoms in total. The minimum Gasteiger partial charge on any atom is -0.380 e. The highest BCUT2D eigenvalue weighted by Gasteiger charge is 2.38. The first-order valence-electron chi connectivity index (χ1n) is 8.33. The summed E-state index contributed by atoms with van der Waals surface area (Å²) in [5.74, 6) is 0.166. The minimum atomic E-state index is -3.24. The molecule has 0 bridgehead atoms. The Balaban J connectivity index is 1.89. The maximum absolute atomic E-state index is 12.3. The van der Waals surface area contributed by atoms with Gasteiger partial charge in [0.1, 0.15) is 0 Å². The molecule has 2 aromatic rings. The lowest BCUT2D eigenvalue weighted by Crippen LogP contribution is -2.32. The number of nitrogens with zero attached hydrogens (tertiary/aromatic N) is 2. The molecule has 1 N–H and O–H groups in total. The van der Waals surface area contributed by atoms with Gasteiger partial charge in [0.15, 0.2) is 0 Å². The van der Waals surface area contributed by atoms with Gasteiger partial charge in [-0.25, -0.2) is 8.42 Å². The maximum atomic E-state index is 12.3. The molecule has 2 aromatic carbocycles. The van der Waals surface area contributed by atoms with E-state index in [1.165, 1.54) is 0 Å². The van der Waals surface area contributed by atoms with Crippen LogP contribution in [0.1, 0.15) is 24.0 Å². The Morgan fingerprint density at radius 3 is 2.60 bits per heavy atom. The number of rotatable bonds is 5. The molecular formula is C19H21N3O2S. The molecule has 0 aromatic heterocycles. The van der Waals surface area contributed by atoms with Crippen molar-refractivity contribution in [2.24, 2.45) is 0 Å². The fraction of sp³-hybridized carbons (Fsp3) is 0.316. The largest absolute Gasteiger partial charge is 0.380 e. The quantitative estimate of drug-likeness (QED) is 0.895. The van der Waals surface area contributed by atoms with E-state index in [0.29, 0.717) is 18.7 Å². The van der Waals surface area contributed by atoms with Crippen LogP contribution in [0.5, 0.6) is 0 Å². The second-order valence-corrected chi connectivity index (χ2v) is 8.44. The van der Waals surface area contributed by atoms with Crippen molar-refractivity contribution in [3.8, 4) is 6.07 Å². The molecule has 1 aliphatic rings. The van der Waals surface area contributed by atoms with Gasteiger partial charge in [-0.1, -0.05) is 36.4 Å². The van der Waals surface area contributed by atoms with Crippen molar-refractivity contribution in [1.82, 2.24) is 4.31 Å². The van der Waals surface area contributed by atoms with Crippen LogP contribution in [0, 0.1) is 11.3 Å². The number of benzene rings is 2. The lowest BCUT2D eigenvalue weighted by molar-refractivity contribution is 0.472. The van der Waals surface area contributed by atoms with Crippen LogP contribution in [0.2, 0.25) is 0 Å². The molecule has 2 atom stereocenters. The van der Waals surface area contributed by atoms with E-state index in [2.05, 4.69) is 11.4 Å². The van der Waals surface area contributed by atoms with E-state index < -0.39 is 10.0 Å². The normalized spacial score (nSPS) is 21.0. The smallest absolute Gasteiger partial charge is 0.213 e. The summed E-state index contributed by atoms with van der Waals surface area (Å²) in [5.41, 5.74) is 2.53. The van der Waals surface area contributed by atoms with Crippen molar-refractivity contribution in [3.63, 3.8) is 0 Å². The lowest BCUT2D eigenvalue weighted by Gasteiger charge is -2.21. The summed E-state index contributed by atoms with van der Waals surface area (Å²) in [4.78, 5) is 0. The maximum Gasteiger partial charge on any atom is 0.213 e. The lowest BCUT2D eigenvalue weighted by atomic mass is 9.94. The first kappa shape index (κ1) is 17.5. The molecule has 1 heterocycles. The van der Waals surface area contributed by atoms with E-state index in [9.17, 15) is 8.42 Å². The topological polar surface area (TPSA) is 73.2 Å². The van der Waals surface area contributed by atoms with Crippen molar-refractivity contribution in [1.29, 1.82) is 5.26 Å². The first-order valence-corrected chi connectivity index (χ1v) is 9.94. The number of anilines is 1. The summed E-state index contributed by atoms with van der Waals surface area (Å²) < 4.78 is 26.2. The SMILES string of the molecule is CCS(=O)(=O)N1CC(Nc2cccc(C#N)c2)C(c2ccccc2)C1. The Morgan fingerprint density at radius 2 is 1.92 bits per heavy atom. The number of hydrogen-bond acceptors (Lipinski definition) is 4. The van der Waals surface area contributed by atoms with Gasteiger partial charge in [-0.3, -0.25) is 0 Å². The van der Waals surface area contributed by atoms with Crippen LogP contribution in [0.3, 0.4) is 0 Å². The predicted molar refractivity (Wildman–Crippen MR) is 98.8 cm³/mol. The van der Waals surface area contributed by atoms with E-state index >= 15 is 0 Å². The number of sulfonamides is 1. The summed E-state index contributed by atoms with van der Waals surface area (Å²) in [6.45, 7) is 2.56. The average molecular weight is 355 g/mol. The second-order valence-electron chi connectivity index (χ2n) is 6.18. The average Bonchev–Trinajstić information content (AvgIpc) is 3.07. The van der Waals surface area contributed by atoms with Crippen molar-refractivity contribution >= 4 is 15.7 Å². The van der Waals surface area contributed by atoms with Gasteiger partial charge in [0, 0.05) is 30.7 Å². The predicted octanol–water partition coefficient (Wildman–Crippen LogP) is 2.79. The molecule has 1 fully saturated rings. The van der Waals surface area contributed by atoms with Crippen LogP contribution >= 0.6 is 0 Å². The van der Waals surface area contributed by atoms with Crippen LogP contribution in [-0.2, 0) is 10.0 Å². The van der Waals surface area contributed by atoms with Crippen molar-refractivity contribution in [3.05, 3.63) is 65.7 Å². The zero-order chi connectivity index (χ0) is 17.9. The minimum absolute atomic E-state index is 0.0438. The molecule has 0 amide bonds. The number of hydrogen-bond donors (Lipinski definition) is 1. The number of nitrogens with one attached hydrogen (secondary N) is 1. The molecular weight excluding hydrogens is 334 g/mol. The fourth-order valence-electron chi connectivity index (χ4n) is 3.25. The summed E-state index contributed by atoms with van der Waals surface area (Å²) in [6.07, 6.45) is 0. The summed E-state index contributed by atoms with van der Waals surface area (Å²) in [7, 11) is -3.24. The fourth-order valence-corrected chi connectivity index (χ4v) is 4.39. The van der Waals surface area contributed by atoms with Gasteiger partial charge in [0.05, 0.1) is 17.4 Å². The van der Waals surface area contributed by atoms with Crippen LogP contribution in [0.4, 0.5) is 5.69 Å². The third kappa shape index (κ3) is 3.84. The van der Waals surface area contributed by atoms with Crippen molar-refractivity contribution < 1.29 is 8.42 Å². The highest BCUT2D eigenvalue weighted by Crippen LogP contribution is 2.31. The monoisotopic (exact) mass is 355 g/mol. The van der Waals surface area contributed by atoms with Crippen LogP contribution in [-0.4, -0.2) is 37.6 Å². The number of nitriles is 1. The molecule has 130 valence electrons. The van der Waals surface area contributed by atoms with Gasteiger partial charge in [0.25, 0.3) is 0 Å². The van der Waals surface area contributed by atoms with Gasteiger partial charge in [-0.05, 0) is 30.7 Å². The molecule has 1 aliphatic heterocycles. The Labute approximate surface area is 149 Å². The van der Waals surface area contributed by atoms with Crippen molar-refractivity contribution in [2.75, 3.05) is 24.2 Å². The Morgan fingerprint density at radius 1 is 1.16 bits per heavy atom. The summed E-state index contributed by atoms with van der Waals surface area (Å²) >= 11 is 0. The molecule has 1 saturated heterocycles. The van der Waals surface area contributed by atoms with Crippen LogP contribution in [0.15, 0.2) is 54.6 Å². The van der Waals surface area contributed by atoms with Gasteiger partial charge in [-0.2, -0.15) is 9.57 Å². The Hall–Kier alpha value is -2.36. The second kappa shape index (κ2) is 7.26. The van der Waals surface area contributed by atoms with Gasteiger partial charge < -0.3 is 5.32 Å². The van der Waals surface area contributed by atoms with E-state index in [0.717, 1.165) is 11.3 Å².